The Labute approximate surface area is 149 Å². The molecule has 0 aliphatic carbocycles. The molecule has 1 atom stereocenters. The van der Waals surface area contributed by atoms with E-state index in [1.165, 1.54) is 0 Å². The van der Waals surface area contributed by atoms with Crippen LogP contribution in [-0.4, -0.2) is 28.7 Å². The van der Waals surface area contributed by atoms with Crippen LogP contribution in [0.25, 0.3) is 0 Å². The maximum absolute atomic E-state index is 10.2. The number of methoxy groups -OCH3 is 1. The van der Waals surface area contributed by atoms with Crippen molar-refractivity contribution in [3.63, 3.8) is 0 Å². The lowest BCUT2D eigenvalue weighted by atomic mass is 9.97. The Morgan fingerprint density at radius 2 is 2.13 bits per heavy atom. The first-order chi connectivity index (χ1) is 11.0. The van der Waals surface area contributed by atoms with Gasteiger partial charge in [-0.25, -0.2) is 4.98 Å². The lowest BCUT2D eigenvalue weighted by molar-refractivity contribution is 0.398. The van der Waals surface area contributed by atoms with Crippen LogP contribution in [0.3, 0.4) is 0 Å². The van der Waals surface area contributed by atoms with Crippen molar-refractivity contribution < 1.29 is 9.84 Å². The van der Waals surface area contributed by atoms with E-state index in [9.17, 15) is 5.11 Å². The van der Waals surface area contributed by atoms with Gasteiger partial charge in [0, 0.05) is 42.4 Å². The normalized spacial score (nSPS) is 17.6. The fourth-order valence-corrected chi connectivity index (χ4v) is 3.63. The molecule has 23 heavy (non-hydrogen) atoms. The number of aromatic hydroxyl groups is 1. The highest BCUT2D eigenvalue weighted by atomic mass is 35.5. The number of halogens is 2. The summed E-state index contributed by atoms with van der Waals surface area (Å²) in [6.45, 7) is 0.611. The summed E-state index contributed by atoms with van der Waals surface area (Å²) in [4.78, 5) is 6.88. The van der Waals surface area contributed by atoms with E-state index in [0.29, 0.717) is 34.5 Å². The van der Waals surface area contributed by atoms with Crippen molar-refractivity contribution in [1.82, 2.24) is 4.98 Å². The van der Waals surface area contributed by atoms with Gasteiger partial charge in [-0.1, -0.05) is 35.4 Å². The van der Waals surface area contributed by atoms with Gasteiger partial charge in [-0.2, -0.15) is 0 Å². The zero-order valence-electron chi connectivity index (χ0n) is 12.3. The predicted molar refractivity (Wildman–Crippen MR) is 96.2 cm³/mol. The lowest BCUT2D eigenvalue weighted by Crippen LogP contribution is -2.23. The molecule has 1 saturated heterocycles. The fourth-order valence-electron chi connectivity index (χ4n) is 2.77. The van der Waals surface area contributed by atoms with Gasteiger partial charge in [0.2, 0.25) is 5.88 Å². The van der Waals surface area contributed by atoms with E-state index in [-0.39, 0.29) is 11.7 Å². The second kappa shape index (κ2) is 6.51. The van der Waals surface area contributed by atoms with Gasteiger partial charge >= 0.3 is 0 Å². The molecule has 2 aromatic rings. The first kappa shape index (κ1) is 16.3. The molecule has 3 rings (SSSR count). The molecular formula is C16H14Cl2N2O2S. The quantitative estimate of drug-likeness (QED) is 0.812. The fraction of sp³-hybridized carbons (Fsp3) is 0.250. The van der Waals surface area contributed by atoms with E-state index in [0.717, 1.165) is 10.7 Å². The van der Waals surface area contributed by atoms with E-state index in [2.05, 4.69) is 4.98 Å². The number of benzene rings is 1. The van der Waals surface area contributed by atoms with E-state index in [1.807, 2.05) is 17.0 Å². The molecule has 1 N–H and O–H groups in total. The van der Waals surface area contributed by atoms with Crippen molar-refractivity contribution in [2.24, 2.45) is 0 Å². The van der Waals surface area contributed by atoms with Gasteiger partial charge in [0.1, 0.15) is 5.75 Å². The molecule has 0 amide bonds. The summed E-state index contributed by atoms with van der Waals surface area (Å²) >= 11 is 17.9. The van der Waals surface area contributed by atoms with Gasteiger partial charge in [-0.15, -0.1) is 0 Å². The number of rotatable bonds is 3. The molecule has 7 heteroatoms. The van der Waals surface area contributed by atoms with Crippen LogP contribution in [0.4, 0.5) is 5.69 Å². The van der Waals surface area contributed by atoms with Crippen molar-refractivity contribution in [3.8, 4) is 11.6 Å². The van der Waals surface area contributed by atoms with E-state index < -0.39 is 0 Å². The van der Waals surface area contributed by atoms with Crippen LogP contribution >= 0.6 is 35.4 Å². The summed E-state index contributed by atoms with van der Waals surface area (Å²) in [7, 11) is 1.57. The van der Waals surface area contributed by atoms with Crippen LogP contribution < -0.4 is 9.64 Å². The second-order valence-corrected chi connectivity index (χ2v) is 6.51. The Bertz CT molecular complexity index is 770. The van der Waals surface area contributed by atoms with Crippen molar-refractivity contribution in [2.75, 3.05) is 18.6 Å². The number of ether oxygens (including phenoxy) is 1. The molecule has 1 aromatic carbocycles. The molecule has 1 unspecified atom stereocenters. The number of pyridine rings is 1. The third-order valence-electron chi connectivity index (χ3n) is 3.88. The third kappa shape index (κ3) is 3.09. The Hall–Kier alpha value is -1.56. The molecule has 1 fully saturated rings. The SMILES string of the molecule is COc1cc(N2CC(c3c(O)ccc(Cl)c3Cl)CC2=S)ccn1. The number of nitrogens with zero attached hydrogens (tertiary/aromatic N) is 2. The Kier molecular flexibility index (Phi) is 4.62. The van der Waals surface area contributed by atoms with Crippen LogP contribution in [0.2, 0.25) is 10.0 Å². The number of phenolic OH excluding ortho intramolecular Hbond substituents is 1. The Morgan fingerprint density at radius 1 is 1.35 bits per heavy atom. The summed E-state index contributed by atoms with van der Waals surface area (Å²) < 4.78 is 5.16. The summed E-state index contributed by atoms with van der Waals surface area (Å²) in [5.74, 6) is 0.645. The molecule has 0 saturated carbocycles. The molecule has 0 bridgehead atoms. The standard InChI is InChI=1S/C16H14Cl2N2O2S/c1-22-13-7-10(4-5-19-13)20-8-9(6-14(20)23)15-12(21)3-2-11(17)16(15)18/h2-5,7,9,21H,6,8H2,1H3. The monoisotopic (exact) mass is 368 g/mol. The Morgan fingerprint density at radius 3 is 2.87 bits per heavy atom. The van der Waals surface area contributed by atoms with Crippen molar-refractivity contribution in [2.45, 2.75) is 12.3 Å². The highest BCUT2D eigenvalue weighted by Crippen LogP contribution is 2.42. The molecule has 0 spiro atoms. The number of hydrogen-bond donors (Lipinski definition) is 1. The van der Waals surface area contributed by atoms with E-state index in [1.54, 1.807) is 25.4 Å². The number of anilines is 1. The molecule has 0 radical (unpaired) electrons. The summed E-state index contributed by atoms with van der Waals surface area (Å²) in [5, 5.41) is 11.0. The van der Waals surface area contributed by atoms with Gasteiger partial charge in [0.05, 0.1) is 22.1 Å². The zero-order valence-corrected chi connectivity index (χ0v) is 14.6. The topological polar surface area (TPSA) is 45.6 Å². The first-order valence-corrected chi connectivity index (χ1v) is 8.15. The molecule has 1 aliphatic heterocycles. The molecule has 4 nitrogen and oxygen atoms in total. The Balaban J connectivity index is 1.92. The van der Waals surface area contributed by atoms with Gasteiger partial charge in [0.25, 0.3) is 0 Å². The van der Waals surface area contributed by atoms with Crippen LogP contribution in [-0.2, 0) is 0 Å². The van der Waals surface area contributed by atoms with Gasteiger partial charge < -0.3 is 14.7 Å². The minimum absolute atomic E-state index is 0.0205. The van der Waals surface area contributed by atoms with Crippen molar-refractivity contribution in [3.05, 3.63) is 46.1 Å². The zero-order chi connectivity index (χ0) is 16.6. The largest absolute Gasteiger partial charge is 0.508 e. The number of aromatic nitrogens is 1. The third-order valence-corrected chi connectivity index (χ3v) is 5.09. The van der Waals surface area contributed by atoms with Crippen LogP contribution in [0.1, 0.15) is 17.9 Å². The van der Waals surface area contributed by atoms with Gasteiger partial charge in [-0.3, -0.25) is 0 Å². The number of hydrogen-bond acceptors (Lipinski definition) is 4. The van der Waals surface area contributed by atoms with Gasteiger partial charge in [0.15, 0.2) is 0 Å². The maximum atomic E-state index is 10.2. The average molecular weight is 369 g/mol. The van der Waals surface area contributed by atoms with Crippen molar-refractivity contribution >= 4 is 46.1 Å². The molecule has 2 heterocycles. The van der Waals surface area contributed by atoms with E-state index >= 15 is 0 Å². The second-order valence-electron chi connectivity index (χ2n) is 5.26. The van der Waals surface area contributed by atoms with Crippen LogP contribution in [0.15, 0.2) is 30.5 Å². The van der Waals surface area contributed by atoms with Crippen molar-refractivity contribution in [1.29, 1.82) is 0 Å². The lowest BCUT2D eigenvalue weighted by Gasteiger charge is -2.19. The highest BCUT2D eigenvalue weighted by molar-refractivity contribution is 7.80. The number of thiocarbonyl (C=S) groups is 1. The average Bonchev–Trinajstić information content (AvgIpc) is 2.93. The summed E-state index contributed by atoms with van der Waals surface area (Å²) in [5.41, 5.74) is 1.55. The van der Waals surface area contributed by atoms with Crippen LogP contribution in [0.5, 0.6) is 11.6 Å². The molecular weight excluding hydrogens is 355 g/mol. The summed E-state index contributed by atoms with van der Waals surface area (Å²) in [6, 6.07) is 6.84. The molecule has 120 valence electrons. The van der Waals surface area contributed by atoms with Crippen LogP contribution in [0, 0.1) is 0 Å². The minimum atomic E-state index is -0.0205. The summed E-state index contributed by atoms with van der Waals surface area (Å²) in [6.07, 6.45) is 2.29. The minimum Gasteiger partial charge on any atom is -0.508 e. The number of phenols is 1. The molecule has 1 aromatic heterocycles. The predicted octanol–water partition coefficient (Wildman–Crippen LogP) is 4.42. The maximum Gasteiger partial charge on any atom is 0.214 e. The smallest absolute Gasteiger partial charge is 0.214 e. The highest BCUT2D eigenvalue weighted by Gasteiger charge is 2.32. The first-order valence-electron chi connectivity index (χ1n) is 6.98. The van der Waals surface area contributed by atoms with E-state index in [4.69, 9.17) is 40.2 Å². The van der Waals surface area contributed by atoms with Gasteiger partial charge in [-0.05, 0) is 18.2 Å². The molecule has 1 aliphatic rings.